The maximum absolute atomic E-state index is 13.7. The molecule has 228 valence electrons. The molecule has 10 nitrogen and oxygen atoms in total. The first-order chi connectivity index (χ1) is 21.5. The number of carboxylic acids is 1. The second-order valence-electron chi connectivity index (χ2n) is 10.1. The van der Waals surface area contributed by atoms with E-state index in [0.29, 0.717) is 21.7 Å². The number of amides is 2. The molecule has 0 unspecified atom stereocenters. The number of Topliss-reactive ketones (excluding diaryl/α,β-unsaturated/α-hetero) is 1. The Morgan fingerprint density at radius 3 is 2.24 bits per heavy atom. The molecule has 3 aromatic carbocycles. The van der Waals surface area contributed by atoms with Crippen molar-refractivity contribution in [2.45, 2.75) is 26.4 Å². The number of benzene rings is 3. The average molecular weight is 632 g/mol. The normalized spacial score (nSPS) is 10.9. The zero-order valence-electron chi connectivity index (χ0n) is 23.6. The highest BCUT2D eigenvalue weighted by molar-refractivity contribution is 6.31. The molecule has 45 heavy (non-hydrogen) atoms. The zero-order valence-corrected chi connectivity index (χ0v) is 24.4. The standard InChI is InChI=1S/C32H24ClF2N5O5/c1-17-10-18(6-8-21(17)32(44)45)14-37-31(43)27-13-26(30(42)36-15-19-7-9-24(34)25(35)11-19)39-29-22(16-38-40(27)29)28(41)12-20-4-2-3-5-23(20)33/h2-11,13,16H,12,14-15H2,1H3,(H,36,42)(H,37,43)(H,44,45). The number of fused-ring (bicyclic) bond motifs is 1. The Labute approximate surface area is 259 Å². The quantitative estimate of drug-likeness (QED) is 0.185. The van der Waals surface area contributed by atoms with Gasteiger partial charge in [0.05, 0.1) is 17.3 Å². The molecule has 0 saturated carbocycles. The number of carbonyl (C=O) groups excluding carboxylic acids is 3. The van der Waals surface area contributed by atoms with Crippen LogP contribution in [-0.4, -0.2) is 43.3 Å². The van der Waals surface area contributed by atoms with Gasteiger partial charge in [-0.1, -0.05) is 48.0 Å². The van der Waals surface area contributed by atoms with E-state index in [2.05, 4.69) is 20.7 Å². The molecule has 0 aliphatic carbocycles. The predicted octanol–water partition coefficient (Wildman–Crippen LogP) is 4.95. The summed E-state index contributed by atoms with van der Waals surface area (Å²) in [6, 6.07) is 15.8. The lowest BCUT2D eigenvalue weighted by Crippen LogP contribution is -2.28. The molecule has 5 rings (SSSR count). The summed E-state index contributed by atoms with van der Waals surface area (Å²) in [6.07, 6.45) is 1.15. The highest BCUT2D eigenvalue weighted by Gasteiger charge is 2.23. The topological polar surface area (TPSA) is 143 Å². The third-order valence-electron chi connectivity index (χ3n) is 6.96. The van der Waals surface area contributed by atoms with Crippen LogP contribution in [0.25, 0.3) is 5.65 Å². The van der Waals surface area contributed by atoms with E-state index in [0.717, 1.165) is 16.6 Å². The minimum absolute atomic E-state index is 0.0145. The fraction of sp³-hybridized carbons (Fsp3) is 0.125. The molecule has 5 aromatic rings. The number of hydrogen-bond acceptors (Lipinski definition) is 6. The van der Waals surface area contributed by atoms with Crippen LogP contribution in [-0.2, 0) is 19.5 Å². The molecule has 0 saturated heterocycles. The molecule has 0 bridgehead atoms. The van der Waals surface area contributed by atoms with E-state index in [1.165, 1.54) is 24.4 Å². The Morgan fingerprint density at radius 2 is 1.56 bits per heavy atom. The number of hydrogen-bond donors (Lipinski definition) is 3. The summed E-state index contributed by atoms with van der Waals surface area (Å²) in [6.45, 7) is 1.48. The van der Waals surface area contributed by atoms with Gasteiger partial charge in [0.15, 0.2) is 23.1 Å². The molecule has 0 spiro atoms. The summed E-state index contributed by atoms with van der Waals surface area (Å²) < 4.78 is 28.1. The fourth-order valence-corrected chi connectivity index (χ4v) is 4.82. The number of aromatic carboxylic acids is 1. The van der Waals surface area contributed by atoms with Crippen LogP contribution in [0.4, 0.5) is 8.78 Å². The van der Waals surface area contributed by atoms with Crippen LogP contribution >= 0.6 is 11.6 Å². The first kappa shape index (κ1) is 31.0. The molecule has 0 aliphatic rings. The average Bonchev–Trinajstić information content (AvgIpc) is 3.45. The number of carboxylic acid groups (broad SMARTS) is 1. The maximum atomic E-state index is 13.7. The van der Waals surface area contributed by atoms with Crippen LogP contribution in [0, 0.1) is 18.6 Å². The van der Waals surface area contributed by atoms with Crippen molar-refractivity contribution < 1.29 is 33.1 Å². The summed E-state index contributed by atoms with van der Waals surface area (Å²) >= 11 is 6.24. The van der Waals surface area contributed by atoms with Gasteiger partial charge in [0, 0.05) is 30.6 Å². The number of nitrogens with one attached hydrogen (secondary N) is 2. The fourth-order valence-electron chi connectivity index (χ4n) is 4.62. The summed E-state index contributed by atoms with van der Waals surface area (Å²) in [5.41, 5.74) is 1.74. The van der Waals surface area contributed by atoms with Gasteiger partial charge in [0.25, 0.3) is 11.8 Å². The Balaban J connectivity index is 1.46. The van der Waals surface area contributed by atoms with Crippen molar-refractivity contribution in [3.05, 3.63) is 134 Å². The molecule has 2 amide bonds. The van der Waals surface area contributed by atoms with E-state index in [1.54, 1.807) is 43.3 Å². The maximum Gasteiger partial charge on any atom is 0.335 e. The number of rotatable bonds is 10. The van der Waals surface area contributed by atoms with Crippen molar-refractivity contribution in [1.29, 1.82) is 0 Å². The van der Waals surface area contributed by atoms with Crippen molar-refractivity contribution >= 4 is 40.8 Å². The SMILES string of the molecule is Cc1cc(CNC(=O)c2cc(C(=O)NCc3ccc(F)c(F)c3)nc3c(C(=O)Cc4ccccc4Cl)cnn23)ccc1C(=O)O. The number of aromatic nitrogens is 3. The molecule has 0 atom stereocenters. The first-order valence-electron chi connectivity index (χ1n) is 13.5. The van der Waals surface area contributed by atoms with Crippen molar-refractivity contribution in [3.8, 4) is 0 Å². The van der Waals surface area contributed by atoms with Gasteiger partial charge in [-0.25, -0.2) is 23.1 Å². The third kappa shape index (κ3) is 6.86. The zero-order chi connectivity index (χ0) is 32.2. The number of aryl methyl sites for hydroxylation is 1. The smallest absolute Gasteiger partial charge is 0.335 e. The van der Waals surface area contributed by atoms with Crippen molar-refractivity contribution in [1.82, 2.24) is 25.2 Å². The summed E-state index contributed by atoms with van der Waals surface area (Å²) in [4.78, 5) is 55.6. The lowest BCUT2D eigenvalue weighted by molar-refractivity contribution is 0.0695. The van der Waals surface area contributed by atoms with Crippen molar-refractivity contribution in [2.75, 3.05) is 0 Å². The third-order valence-corrected chi connectivity index (χ3v) is 7.33. The van der Waals surface area contributed by atoms with E-state index in [-0.39, 0.29) is 53.2 Å². The van der Waals surface area contributed by atoms with Crippen molar-refractivity contribution in [3.63, 3.8) is 0 Å². The van der Waals surface area contributed by atoms with E-state index < -0.39 is 35.2 Å². The van der Waals surface area contributed by atoms with Gasteiger partial charge in [-0.15, -0.1) is 0 Å². The summed E-state index contributed by atoms with van der Waals surface area (Å²) in [5, 5.41) is 19.1. The molecule has 0 radical (unpaired) electrons. The van der Waals surface area contributed by atoms with E-state index in [4.69, 9.17) is 11.6 Å². The van der Waals surface area contributed by atoms with E-state index in [9.17, 15) is 33.1 Å². The second kappa shape index (κ2) is 13.0. The number of ketones is 1. The Hall–Kier alpha value is -5.49. The minimum atomic E-state index is -1.08. The van der Waals surface area contributed by atoms with Crippen LogP contribution in [0.1, 0.15) is 63.9 Å². The Morgan fingerprint density at radius 1 is 0.867 bits per heavy atom. The number of nitrogens with zero attached hydrogens (tertiary/aromatic N) is 3. The van der Waals surface area contributed by atoms with Gasteiger partial charge < -0.3 is 15.7 Å². The highest BCUT2D eigenvalue weighted by atomic mass is 35.5. The Kier molecular flexibility index (Phi) is 8.96. The van der Waals surface area contributed by atoms with Crippen LogP contribution in [0.2, 0.25) is 5.02 Å². The van der Waals surface area contributed by atoms with E-state index >= 15 is 0 Å². The molecule has 13 heteroatoms. The minimum Gasteiger partial charge on any atom is -0.478 e. The summed E-state index contributed by atoms with van der Waals surface area (Å²) in [5.74, 6) is -5.00. The monoisotopic (exact) mass is 631 g/mol. The summed E-state index contributed by atoms with van der Waals surface area (Å²) in [7, 11) is 0. The lowest BCUT2D eigenvalue weighted by Gasteiger charge is -2.11. The molecular weight excluding hydrogens is 608 g/mol. The number of carbonyl (C=O) groups is 4. The Bertz CT molecular complexity index is 1990. The van der Waals surface area contributed by atoms with Crippen LogP contribution in [0.5, 0.6) is 0 Å². The highest BCUT2D eigenvalue weighted by Crippen LogP contribution is 2.20. The van der Waals surface area contributed by atoms with Gasteiger partial charge in [-0.3, -0.25) is 14.4 Å². The van der Waals surface area contributed by atoms with Gasteiger partial charge in [-0.2, -0.15) is 5.10 Å². The molecule has 0 fully saturated rings. The van der Waals surface area contributed by atoms with Gasteiger partial charge in [0.1, 0.15) is 11.4 Å². The molecular formula is C32H24ClF2N5O5. The van der Waals surface area contributed by atoms with Gasteiger partial charge >= 0.3 is 5.97 Å². The predicted molar refractivity (Wildman–Crippen MR) is 159 cm³/mol. The first-order valence-corrected chi connectivity index (χ1v) is 13.9. The van der Waals surface area contributed by atoms with Gasteiger partial charge in [-0.05, 0) is 53.4 Å². The van der Waals surface area contributed by atoms with Crippen LogP contribution in [0.3, 0.4) is 0 Å². The lowest BCUT2D eigenvalue weighted by atomic mass is 10.0. The largest absolute Gasteiger partial charge is 0.478 e. The molecule has 3 N–H and O–H groups in total. The van der Waals surface area contributed by atoms with E-state index in [1.807, 2.05) is 0 Å². The van der Waals surface area contributed by atoms with Gasteiger partial charge in [0.2, 0.25) is 0 Å². The molecule has 0 aliphatic heterocycles. The van der Waals surface area contributed by atoms with Crippen LogP contribution in [0.15, 0.2) is 72.9 Å². The molecule has 2 heterocycles. The molecule has 2 aromatic heterocycles. The van der Waals surface area contributed by atoms with Crippen LogP contribution < -0.4 is 10.6 Å². The van der Waals surface area contributed by atoms with Crippen molar-refractivity contribution in [2.24, 2.45) is 0 Å². The second-order valence-corrected chi connectivity index (χ2v) is 10.5. The number of halogens is 3.